The molecule has 0 bridgehead atoms. The van der Waals surface area contributed by atoms with Crippen molar-refractivity contribution in [1.29, 1.82) is 0 Å². The van der Waals surface area contributed by atoms with E-state index in [1.165, 1.54) is 6.42 Å². The van der Waals surface area contributed by atoms with Crippen LogP contribution in [0.5, 0.6) is 0 Å². The normalized spacial score (nSPS) is 25.1. The SMILES string of the molecule is Cc1nc(CNCC2CCCC(O)C2)oc1C. The highest BCUT2D eigenvalue weighted by molar-refractivity contribution is 5.05. The van der Waals surface area contributed by atoms with E-state index in [4.69, 9.17) is 4.42 Å². The van der Waals surface area contributed by atoms with Crippen molar-refractivity contribution < 1.29 is 9.52 Å². The minimum absolute atomic E-state index is 0.0956. The second kappa shape index (κ2) is 5.65. The van der Waals surface area contributed by atoms with Gasteiger partial charge >= 0.3 is 0 Å². The van der Waals surface area contributed by atoms with Crippen LogP contribution >= 0.6 is 0 Å². The van der Waals surface area contributed by atoms with Crippen LogP contribution in [-0.2, 0) is 6.54 Å². The van der Waals surface area contributed by atoms with Gasteiger partial charge in [-0.3, -0.25) is 0 Å². The quantitative estimate of drug-likeness (QED) is 0.841. The fraction of sp³-hybridized carbons (Fsp3) is 0.769. The maximum atomic E-state index is 9.58. The van der Waals surface area contributed by atoms with Gasteiger partial charge in [0.05, 0.1) is 18.3 Å². The molecule has 0 spiro atoms. The number of aromatic nitrogens is 1. The van der Waals surface area contributed by atoms with E-state index < -0.39 is 0 Å². The van der Waals surface area contributed by atoms with Crippen LogP contribution in [0.15, 0.2) is 4.42 Å². The zero-order valence-corrected chi connectivity index (χ0v) is 10.7. The van der Waals surface area contributed by atoms with E-state index in [1.807, 2.05) is 13.8 Å². The first kappa shape index (κ1) is 12.6. The molecule has 17 heavy (non-hydrogen) atoms. The minimum atomic E-state index is -0.0956. The first-order valence-electron chi connectivity index (χ1n) is 6.47. The molecule has 96 valence electrons. The van der Waals surface area contributed by atoms with Crippen molar-refractivity contribution in [3.05, 3.63) is 17.3 Å². The van der Waals surface area contributed by atoms with Gasteiger partial charge in [0.2, 0.25) is 5.89 Å². The Hall–Kier alpha value is -0.870. The molecule has 0 radical (unpaired) electrons. The molecule has 0 aliphatic heterocycles. The monoisotopic (exact) mass is 238 g/mol. The first-order chi connectivity index (χ1) is 8.15. The first-order valence-corrected chi connectivity index (χ1v) is 6.47. The lowest BCUT2D eigenvalue weighted by Gasteiger charge is -2.25. The number of aliphatic hydroxyl groups is 1. The summed E-state index contributed by atoms with van der Waals surface area (Å²) < 4.78 is 5.50. The van der Waals surface area contributed by atoms with Gasteiger partial charge in [0.1, 0.15) is 5.76 Å². The molecule has 1 aromatic rings. The third-order valence-corrected chi connectivity index (χ3v) is 3.54. The third kappa shape index (κ3) is 3.54. The number of rotatable bonds is 4. The van der Waals surface area contributed by atoms with E-state index in [9.17, 15) is 5.11 Å². The van der Waals surface area contributed by atoms with Crippen LogP contribution in [0.2, 0.25) is 0 Å². The Bertz CT molecular complexity index is 343. The Kier molecular flexibility index (Phi) is 4.18. The Labute approximate surface area is 102 Å². The van der Waals surface area contributed by atoms with Gasteiger partial charge in [0.25, 0.3) is 0 Å². The smallest absolute Gasteiger partial charge is 0.208 e. The van der Waals surface area contributed by atoms with Crippen LogP contribution in [0.4, 0.5) is 0 Å². The van der Waals surface area contributed by atoms with Gasteiger partial charge in [-0.05, 0) is 45.6 Å². The summed E-state index contributed by atoms with van der Waals surface area (Å²) in [6.07, 6.45) is 4.16. The highest BCUT2D eigenvalue weighted by Gasteiger charge is 2.19. The summed E-state index contributed by atoms with van der Waals surface area (Å²) in [5, 5.41) is 12.9. The predicted octanol–water partition coefficient (Wildman–Crippen LogP) is 1.93. The molecule has 4 heteroatoms. The molecular weight excluding hydrogens is 216 g/mol. The molecule has 1 fully saturated rings. The molecule has 1 aliphatic rings. The van der Waals surface area contributed by atoms with Crippen molar-refractivity contribution in [3.63, 3.8) is 0 Å². The number of hydrogen-bond donors (Lipinski definition) is 2. The highest BCUT2D eigenvalue weighted by Crippen LogP contribution is 2.23. The van der Waals surface area contributed by atoms with Gasteiger partial charge < -0.3 is 14.8 Å². The van der Waals surface area contributed by atoms with E-state index in [2.05, 4.69) is 10.3 Å². The van der Waals surface area contributed by atoms with Crippen LogP contribution < -0.4 is 5.32 Å². The van der Waals surface area contributed by atoms with E-state index in [0.29, 0.717) is 12.5 Å². The zero-order valence-electron chi connectivity index (χ0n) is 10.7. The minimum Gasteiger partial charge on any atom is -0.444 e. The molecule has 2 N–H and O–H groups in total. The largest absolute Gasteiger partial charge is 0.444 e. The molecule has 0 aromatic carbocycles. The van der Waals surface area contributed by atoms with E-state index >= 15 is 0 Å². The fourth-order valence-corrected chi connectivity index (χ4v) is 2.45. The molecule has 0 amide bonds. The lowest BCUT2D eigenvalue weighted by atomic mass is 9.87. The number of nitrogens with zero attached hydrogens (tertiary/aromatic N) is 1. The molecule has 2 unspecified atom stereocenters. The molecule has 2 atom stereocenters. The van der Waals surface area contributed by atoms with Crippen molar-refractivity contribution in [3.8, 4) is 0 Å². The molecule has 1 aromatic heterocycles. The van der Waals surface area contributed by atoms with Crippen molar-refractivity contribution in [2.45, 2.75) is 52.2 Å². The summed E-state index contributed by atoms with van der Waals surface area (Å²) >= 11 is 0. The predicted molar refractivity (Wildman–Crippen MR) is 65.6 cm³/mol. The zero-order chi connectivity index (χ0) is 12.3. The van der Waals surface area contributed by atoms with Crippen LogP contribution in [0, 0.1) is 19.8 Å². The lowest BCUT2D eigenvalue weighted by Crippen LogP contribution is -2.28. The summed E-state index contributed by atoms with van der Waals surface area (Å²) in [5.74, 6) is 2.25. The lowest BCUT2D eigenvalue weighted by molar-refractivity contribution is 0.100. The molecule has 1 saturated carbocycles. The average Bonchev–Trinajstić information content (AvgIpc) is 2.58. The van der Waals surface area contributed by atoms with Gasteiger partial charge in [0.15, 0.2) is 0 Å². The van der Waals surface area contributed by atoms with E-state index in [-0.39, 0.29) is 6.10 Å². The van der Waals surface area contributed by atoms with Gasteiger partial charge in [-0.25, -0.2) is 4.98 Å². The Morgan fingerprint density at radius 1 is 1.41 bits per heavy atom. The standard InChI is InChI=1S/C13H22N2O2/c1-9-10(2)17-13(15-9)8-14-7-11-4-3-5-12(16)6-11/h11-12,14,16H,3-8H2,1-2H3. The van der Waals surface area contributed by atoms with Crippen LogP contribution in [-0.4, -0.2) is 22.7 Å². The van der Waals surface area contributed by atoms with E-state index in [0.717, 1.165) is 43.2 Å². The Balaban J connectivity index is 1.72. The number of aryl methyl sites for hydroxylation is 2. The average molecular weight is 238 g/mol. The molecule has 1 heterocycles. The highest BCUT2D eigenvalue weighted by atomic mass is 16.4. The number of nitrogens with one attached hydrogen (secondary N) is 1. The van der Waals surface area contributed by atoms with Gasteiger partial charge in [0, 0.05) is 0 Å². The molecule has 2 rings (SSSR count). The maximum Gasteiger partial charge on any atom is 0.208 e. The number of oxazole rings is 1. The molecule has 4 nitrogen and oxygen atoms in total. The summed E-state index contributed by atoms with van der Waals surface area (Å²) in [4.78, 5) is 4.33. The second-order valence-electron chi connectivity index (χ2n) is 5.07. The van der Waals surface area contributed by atoms with Gasteiger partial charge in [-0.15, -0.1) is 0 Å². The molecule has 1 aliphatic carbocycles. The maximum absolute atomic E-state index is 9.58. The second-order valence-corrected chi connectivity index (χ2v) is 5.07. The molecular formula is C13H22N2O2. The third-order valence-electron chi connectivity index (χ3n) is 3.54. The van der Waals surface area contributed by atoms with Gasteiger partial charge in [-0.2, -0.15) is 0 Å². The fourth-order valence-electron chi connectivity index (χ4n) is 2.45. The summed E-state index contributed by atoms with van der Waals surface area (Å²) in [6, 6.07) is 0. The molecule has 0 saturated heterocycles. The van der Waals surface area contributed by atoms with Crippen molar-refractivity contribution in [2.24, 2.45) is 5.92 Å². The topological polar surface area (TPSA) is 58.3 Å². The summed E-state index contributed by atoms with van der Waals surface area (Å²) in [7, 11) is 0. The number of hydrogen-bond acceptors (Lipinski definition) is 4. The Morgan fingerprint density at radius 3 is 2.88 bits per heavy atom. The van der Waals surface area contributed by atoms with E-state index in [1.54, 1.807) is 0 Å². The summed E-state index contributed by atoms with van der Waals surface area (Å²) in [5.41, 5.74) is 0.967. The van der Waals surface area contributed by atoms with Gasteiger partial charge in [-0.1, -0.05) is 6.42 Å². The van der Waals surface area contributed by atoms with Crippen LogP contribution in [0.25, 0.3) is 0 Å². The van der Waals surface area contributed by atoms with Crippen molar-refractivity contribution in [1.82, 2.24) is 10.3 Å². The number of aliphatic hydroxyl groups excluding tert-OH is 1. The van der Waals surface area contributed by atoms with Crippen molar-refractivity contribution in [2.75, 3.05) is 6.54 Å². The summed E-state index contributed by atoms with van der Waals surface area (Å²) in [6.45, 7) is 5.52. The van der Waals surface area contributed by atoms with Crippen molar-refractivity contribution >= 4 is 0 Å². The Morgan fingerprint density at radius 2 is 2.24 bits per heavy atom. The van der Waals surface area contributed by atoms with Crippen LogP contribution in [0.1, 0.15) is 43.0 Å². The van der Waals surface area contributed by atoms with Crippen LogP contribution in [0.3, 0.4) is 0 Å².